The molecule has 0 saturated heterocycles. The van der Waals surface area contributed by atoms with Crippen LogP contribution in [0, 0.1) is 6.92 Å². The van der Waals surface area contributed by atoms with Crippen molar-refractivity contribution in [3.05, 3.63) is 21.9 Å². The van der Waals surface area contributed by atoms with Gasteiger partial charge in [-0.3, -0.25) is 0 Å². The van der Waals surface area contributed by atoms with Crippen LogP contribution in [0.3, 0.4) is 0 Å². The molecule has 3 heteroatoms. The summed E-state index contributed by atoms with van der Waals surface area (Å²) >= 11 is 1.85. The molecule has 0 aromatic carbocycles. The van der Waals surface area contributed by atoms with Crippen LogP contribution in [0.4, 0.5) is 0 Å². The second kappa shape index (κ2) is 7.82. The molecule has 1 aromatic rings. The Hall–Kier alpha value is -0.380. The minimum absolute atomic E-state index is 1.02. The molecule has 0 aliphatic rings. The third kappa shape index (κ3) is 5.10. The van der Waals surface area contributed by atoms with Gasteiger partial charge < -0.3 is 10.2 Å². The van der Waals surface area contributed by atoms with Crippen LogP contribution < -0.4 is 5.32 Å². The molecule has 0 fully saturated rings. The third-order valence-corrected chi connectivity index (χ3v) is 3.84. The van der Waals surface area contributed by atoms with Crippen molar-refractivity contribution in [2.75, 3.05) is 26.7 Å². The lowest BCUT2D eigenvalue weighted by molar-refractivity contribution is 0.325. The van der Waals surface area contributed by atoms with Crippen LogP contribution in [-0.4, -0.2) is 31.6 Å². The average molecular weight is 240 g/mol. The molecule has 16 heavy (non-hydrogen) atoms. The first kappa shape index (κ1) is 13.7. The van der Waals surface area contributed by atoms with E-state index >= 15 is 0 Å². The summed E-state index contributed by atoms with van der Waals surface area (Å²) < 4.78 is 0. The van der Waals surface area contributed by atoms with Crippen molar-refractivity contribution in [2.24, 2.45) is 0 Å². The van der Waals surface area contributed by atoms with Gasteiger partial charge in [0.1, 0.15) is 0 Å². The maximum atomic E-state index is 3.50. The lowest BCUT2D eigenvalue weighted by Gasteiger charge is -2.16. The van der Waals surface area contributed by atoms with Gasteiger partial charge in [0.2, 0.25) is 0 Å². The standard InChI is InChI=1S/C13H24N2S/c1-4-5-8-15(3)9-7-14-11-13-12(2)6-10-16-13/h6,10,14H,4-5,7-9,11H2,1-3H3. The number of thiophene rings is 1. The number of nitrogens with one attached hydrogen (secondary N) is 1. The molecule has 1 heterocycles. The van der Waals surface area contributed by atoms with Crippen molar-refractivity contribution in [3.63, 3.8) is 0 Å². The molecular weight excluding hydrogens is 216 g/mol. The molecular formula is C13H24N2S. The molecule has 2 nitrogen and oxygen atoms in total. The highest BCUT2D eigenvalue weighted by atomic mass is 32.1. The smallest absolute Gasteiger partial charge is 0.0302 e. The van der Waals surface area contributed by atoms with E-state index < -0.39 is 0 Å². The van der Waals surface area contributed by atoms with Crippen LogP contribution in [0.1, 0.15) is 30.2 Å². The quantitative estimate of drug-likeness (QED) is 0.703. The third-order valence-electron chi connectivity index (χ3n) is 2.82. The van der Waals surface area contributed by atoms with Gasteiger partial charge in [0.05, 0.1) is 0 Å². The largest absolute Gasteiger partial charge is 0.311 e. The number of unbranched alkanes of at least 4 members (excludes halogenated alkanes) is 1. The van der Waals surface area contributed by atoms with Crippen LogP contribution in [0.2, 0.25) is 0 Å². The average Bonchev–Trinajstić information content (AvgIpc) is 2.67. The predicted octanol–water partition coefficient (Wildman–Crippen LogP) is 2.88. The molecule has 0 radical (unpaired) electrons. The van der Waals surface area contributed by atoms with E-state index in [-0.39, 0.29) is 0 Å². The molecule has 0 atom stereocenters. The Kier molecular flexibility index (Phi) is 6.69. The molecule has 0 spiro atoms. The fourth-order valence-corrected chi connectivity index (χ4v) is 2.47. The van der Waals surface area contributed by atoms with Crippen molar-refractivity contribution in [2.45, 2.75) is 33.2 Å². The molecule has 92 valence electrons. The second-order valence-corrected chi connectivity index (χ2v) is 5.36. The molecule has 0 aliphatic heterocycles. The maximum absolute atomic E-state index is 3.50. The molecule has 1 N–H and O–H groups in total. The Morgan fingerprint density at radius 3 is 2.81 bits per heavy atom. The highest BCUT2D eigenvalue weighted by Gasteiger charge is 2.00. The second-order valence-electron chi connectivity index (χ2n) is 4.36. The Labute approximate surface area is 104 Å². The van der Waals surface area contributed by atoms with Gasteiger partial charge in [0.25, 0.3) is 0 Å². The van der Waals surface area contributed by atoms with Gasteiger partial charge in [0.15, 0.2) is 0 Å². The fraction of sp³-hybridized carbons (Fsp3) is 0.692. The van der Waals surface area contributed by atoms with Gasteiger partial charge in [-0.2, -0.15) is 0 Å². The van der Waals surface area contributed by atoms with E-state index in [9.17, 15) is 0 Å². The first-order chi connectivity index (χ1) is 7.74. The van der Waals surface area contributed by atoms with Gasteiger partial charge in [-0.05, 0) is 43.9 Å². The summed E-state index contributed by atoms with van der Waals surface area (Å²) in [6.07, 6.45) is 2.59. The van der Waals surface area contributed by atoms with E-state index in [0.717, 1.165) is 19.6 Å². The molecule has 0 amide bonds. The van der Waals surface area contributed by atoms with Gasteiger partial charge >= 0.3 is 0 Å². The van der Waals surface area contributed by atoms with E-state index in [1.54, 1.807) is 0 Å². The van der Waals surface area contributed by atoms with E-state index in [1.165, 1.54) is 29.8 Å². The van der Waals surface area contributed by atoms with Crippen LogP contribution in [0.15, 0.2) is 11.4 Å². The predicted molar refractivity (Wildman–Crippen MR) is 73.2 cm³/mol. The zero-order valence-electron chi connectivity index (χ0n) is 10.8. The van der Waals surface area contributed by atoms with Crippen molar-refractivity contribution >= 4 is 11.3 Å². The summed E-state index contributed by atoms with van der Waals surface area (Å²) in [5.74, 6) is 0. The van der Waals surface area contributed by atoms with Crippen LogP contribution >= 0.6 is 11.3 Å². The lowest BCUT2D eigenvalue weighted by atomic mass is 10.3. The summed E-state index contributed by atoms with van der Waals surface area (Å²) in [7, 11) is 2.20. The molecule has 0 saturated carbocycles. The van der Waals surface area contributed by atoms with Crippen molar-refractivity contribution < 1.29 is 0 Å². The van der Waals surface area contributed by atoms with Gasteiger partial charge in [-0.25, -0.2) is 0 Å². The number of rotatable bonds is 8. The summed E-state index contributed by atoms with van der Waals surface area (Å²) in [4.78, 5) is 3.87. The van der Waals surface area contributed by atoms with E-state index in [1.807, 2.05) is 11.3 Å². The normalized spacial score (nSPS) is 11.2. The molecule has 1 rings (SSSR count). The van der Waals surface area contributed by atoms with Crippen molar-refractivity contribution in [3.8, 4) is 0 Å². The molecule has 1 aromatic heterocycles. The highest BCUT2D eigenvalue weighted by molar-refractivity contribution is 7.10. The van der Waals surface area contributed by atoms with Gasteiger partial charge in [-0.1, -0.05) is 13.3 Å². The fourth-order valence-electron chi connectivity index (χ4n) is 1.60. The Bertz CT molecular complexity index is 283. The number of likely N-dealkylation sites (N-methyl/N-ethyl adjacent to an activating group) is 1. The first-order valence-corrected chi connectivity index (χ1v) is 7.04. The lowest BCUT2D eigenvalue weighted by Crippen LogP contribution is -2.29. The maximum Gasteiger partial charge on any atom is 0.0302 e. The Morgan fingerprint density at radius 2 is 2.19 bits per heavy atom. The van der Waals surface area contributed by atoms with Crippen LogP contribution in [0.25, 0.3) is 0 Å². The summed E-state index contributed by atoms with van der Waals surface area (Å²) in [5, 5.41) is 5.67. The van der Waals surface area contributed by atoms with Gasteiger partial charge in [0, 0.05) is 24.5 Å². The Morgan fingerprint density at radius 1 is 1.38 bits per heavy atom. The van der Waals surface area contributed by atoms with E-state index in [4.69, 9.17) is 0 Å². The molecule has 0 unspecified atom stereocenters. The summed E-state index contributed by atoms with van der Waals surface area (Å²) in [6.45, 7) is 8.88. The van der Waals surface area contributed by atoms with E-state index in [2.05, 4.69) is 42.6 Å². The number of nitrogens with zero attached hydrogens (tertiary/aromatic N) is 1. The topological polar surface area (TPSA) is 15.3 Å². The first-order valence-electron chi connectivity index (χ1n) is 6.16. The number of hydrogen-bond acceptors (Lipinski definition) is 3. The SMILES string of the molecule is CCCCN(C)CCNCc1sccc1C. The zero-order chi connectivity index (χ0) is 11.8. The monoisotopic (exact) mass is 240 g/mol. The summed E-state index contributed by atoms with van der Waals surface area (Å²) in [6, 6.07) is 2.19. The van der Waals surface area contributed by atoms with Crippen molar-refractivity contribution in [1.29, 1.82) is 0 Å². The van der Waals surface area contributed by atoms with Crippen molar-refractivity contribution in [1.82, 2.24) is 10.2 Å². The van der Waals surface area contributed by atoms with Crippen LogP contribution in [-0.2, 0) is 6.54 Å². The zero-order valence-corrected chi connectivity index (χ0v) is 11.6. The van der Waals surface area contributed by atoms with Crippen LogP contribution in [0.5, 0.6) is 0 Å². The van der Waals surface area contributed by atoms with Gasteiger partial charge in [-0.15, -0.1) is 11.3 Å². The summed E-state index contributed by atoms with van der Waals surface area (Å²) in [5.41, 5.74) is 1.41. The molecule has 0 aliphatic carbocycles. The Balaban J connectivity index is 2.06. The highest BCUT2D eigenvalue weighted by Crippen LogP contribution is 2.14. The minimum Gasteiger partial charge on any atom is -0.311 e. The minimum atomic E-state index is 1.02. The molecule has 0 bridgehead atoms. The van der Waals surface area contributed by atoms with E-state index in [0.29, 0.717) is 0 Å². The number of hydrogen-bond donors (Lipinski definition) is 1. The number of aryl methyl sites for hydroxylation is 1.